The summed E-state index contributed by atoms with van der Waals surface area (Å²) < 4.78 is 5.17. The van der Waals surface area contributed by atoms with Crippen LogP contribution in [-0.2, 0) is 16.0 Å². The molecule has 2 aromatic rings. The Bertz CT molecular complexity index is 875. The molecule has 2 saturated heterocycles. The Labute approximate surface area is 173 Å². The molecule has 0 unspecified atom stereocenters. The number of nitrogens with one attached hydrogen (secondary N) is 1. The molecule has 0 bridgehead atoms. The molecule has 2 aliphatic heterocycles. The largest absolute Gasteiger partial charge is 0.361 e. The summed E-state index contributed by atoms with van der Waals surface area (Å²) >= 11 is 1.43. The first kappa shape index (κ1) is 19.8. The zero-order chi connectivity index (χ0) is 20.4. The van der Waals surface area contributed by atoms with E-state index in [4.69, 9.17) is 4.52 Å². The maximum Gasteiger partial charge on any atom is 0.228 e. The molecule has 156 valence electrons. The number of aromatic nitrogens is 3. The first-order chi connectivity index (χ1) is 14.0. The van der Waals surface area contributed by atoms with Crippen molar-refractivity contribution >= 4 is 33.4 Å². The molecule has 0 radical (unpaired) electrons. The van der Waals surface area contributed by atoms with Gasteiger partial charge in [0.2, 0.25) is 22.1 Å². The van der Waals surface area contributed by atoms with Crippen molar-refractivity contribution < 1.29 is 14.1 Å². The molecule has 1 atom stereocenters. The van der Waals surface area contributed by atoms with Crippen LogP contribution in [0, 0.1) is 19.8 Å². The van der Waals surface area contributed by atoms with Crippen LogP contribution in [-0.4, -0.2) is 53.3 Å². The topological polar surface area (TPSA) is 104 Å². The Hall–Kier alpha value is -2.49. The van der Waals surface area contributed by atoms with Gasteiger partial charge in [0.1, 0.15) is 5.76 Å². The van der Waals surface area contributed by atoms with Crippen LogP contribution in [0.25, 0.3) is 0 Å². The van der Waals surface area contributed by atoms with Crippen LogP contribution in [0.1, 0.15) is 42.7 Å². The molecule has 0 aromatic carbocycles. The Balaban J connectivity index is 1.31. The monoisotopic (exact) mass is 418 g/mol. The van der Waals surface area contributed by atoms with Gasteiger partial charge in [0.15, 0.2) is 0 Å². The summed E-state index contributed by atoms with van der Waals surface area (Å²) in [5.41, 5.74) is 1.94. The zero-order valence-electron chi connectivity index (χ0n) is 16.8. The van der Waals surface area contributed by atoms with E-state index in [1.54, 1.807) is 4.90 Å². The van der Waals surface area contributed by atoms with Crippen molar-refractivity contribution in [1.82, 2.24) is 20.7 Å². The summed E-state index contributed by atoms with van der Waals surface area (Å²) in [6.07, 6.45) is 3.96. The third kappa shape index (κ3) is 4.26. The first-order valence-corrected chi connectivity index (χ1v) is 10.9. The van der Waals surface area contributed by atoms with Gasteiger partial charge in [-0.15, -0.1) is 10.2 Å². The van der Waals surface area contributed by atoms with E-state index in [9.17, 15) is 9.59 Å². The number of piperidine rings is 1. The molecule has 4 heterocycles. The second-order valence-electron chi connectivity index (χ2n) is 7.65. The number of hydrogen-bond acceptors (Lipinski definition) is 8. The molecular weight excluding hydrogens is 392 g/mol. The number of aryl methyl sites for hydroxylation is 2. The minimum Gasteiger partial charge on any atom is -0.361 e. The van der Waals surface area contributed by atoms with Gasteiger partial charge in [0.05, 0.1) is 11.6 Å². The van der Waals surface area contributed by atoms with Crippen molar-refractivity contribution in [2.45, 2.75) is 46.0 Å². The maximum absolute atomic E-state index is 12.7. The van der Waals surface area contributed by atoms with E-state index >= 15 is 0 Å². The van der Waals surface area contributed by atoms with Crippen LogP contribution in [0.15, 0.2) is 4.52 Å². The number of amides is 2. The van der Waals surface area contributed by atoms with Gasteiger partial charge < -0.3 is 14.7 Å². The highest BCUT2D eigenvalue weighted by molar-refractivity contribution is 7.19. The van der Waals surface area contributed by atoms with E-state index in [0.717, 1.165) is 48.0 Å². The van der Waals surface area contributed by atoms with Crippen molar-refractivity contribution in [3.63, 3.8) is 0 Å². The predicted octanol–water partition coefficient (Wildman–Crippen LogP) is 1.85. The molecule has 29 heavy (non-hydrogen) atoms. The van der Waals surface area contributed by atoms with Crippen molar-refractivity contribution in [1.29, 1.82) is 0 Å². The Morgan fingerprint density at radius 1 is 1.24 bits per heavy atom. The lowest BCUT2D eigenvalue weighted by Crippen LogP contribution is -2.43. The molecular formula is C19H26N6O3S. The van der Waals surface area contributed by atoms with Crippen LogP contribution in [0.3, 0.4) is 0 Å². The average molecular weight is 419 g/mol. The van der Waals surface area contributed by atoms with Crippen molar-refractivity contribution in [3.05, 3.63) is 17.0 Å². The molecule has 0 saturated carbocycles. The highest BCUT2D eigenvalue weighted by atomic mass is 32.1. The Kier molecular flexibility index (Phi) is 5.79. The summed E-state index contributed by atoms with van der Waals surface area (Å²) in [5.74, 6) is 0.918. The highest BCUT2D eigenvalue weighted by Crippen LogP contribution is 2.32. The highest BCUT2D eigenvalue weighted by Gasteiger charge is 2.30. The minimum atomic E-state index is -0.0748. The van der Waals surface area contributed by atoms with Crippen LogP contribution in [0.4, 0.5) is 10.3 Å². The molecule has 2 amide bonds. The SMILES string of the molecule is Cc1noc(C)c1CCNC(=O)[C@@H]1CCCN(c2nnc(N3CCCC3=O)s2)C1. The van der Waals surface area contributed by atoms with Crippen LogP contribution in [0.5, 0.6) is 0 Å². The van der Waals surface area contributed by atoms with Gasteiger partial charge in [-0.25, -0.2) is 0 Å². The smallest absolute Gasteiger partial charge is 0.228 e. The summed E-state index contributed by atoms with van der Waals surface area (Å²) in [4.78, 5) is 28.4. The van der Waals surface area contributed by atoms with Gasteiger partial charge in [-0.3, -0.25) is 14.5 Å². The number of carbonyl (C=O) groups is 2. The fraction of sp³-hybridized carbons (Fsp3) is 0.632. The molecule has 1 N–H and O–H groups in total. The fourth-order valence-corrected chi connectivity index (χ4v) is 4.90. The molecule has 0 aliphatic carbocycles. The Morgan fingerprint density at radius 2 is 2.07 bits per heavy atom. The summed E-state index contributed by atoms with van der Waals surface area (Å²) in [6, 6.07) is 0. The normalized spacial score (nSPS) is 19.8. The number of anilines is 2. The van der Waals surface area contributed by atoms with Gasteiger partial charge in [-0.1, -0.05) is 16.5 Å². The first-order valence-electron chi connectivity index (χ1n) is 10.1. The third-order valence-electron chi connectivity index (χ3n) is 5.63. The molecule has 0 spiro atoms. The van der Waals surface area contributed by atoms with Crippen LogP contribution < -0.4 is 15.1 Å². The lowest BCUT2D eigenvalue weighted by Gasteiger charge is -2.31. The summed E-state index contributed by atoms with van der Waals surface area (Å²) in [7, 11) is 0. The van der Waals surface area contributed by atoms with Gasteiger partial charge in [0, 0.05) is 38.2 Å². The number of nitrogens with zero attached hydrogens (tertiary/aromatic N) is 5. The fourth-order valence-electron chi connectivity index (χ4n) is 3.97. The van der Waals surface area contributed by atoms with Crippen molar-refractivity contribution in [3.8, 4) is 0 Å². The summed E-state index contributed by atoms with van der Waals surface area (Å²) in [6.45, 7) is 6.56. The van der Waals surface area contributed by atoms with E-state index in [2.05, 4.69) is 25.6 Å². The quantitative estimate of drug-likeness (QED) is 0.763. The van der Waals surface area contributed by atoms with Gasteiger partial charge in [-0.2, -0.15) is 0 Å². The Morgan fingerprint density at radius 3 is 2.79 bits per heavy atom. The molecule has 4 rings (SSSR count). The number of carbonyl (C=O) groups excluding carboxylic acids is 2. The second-order valence-corrected chi connectivity index (χ2v) is 8.58. The van der Waals surface area contributed by atoms with E-state index in [1.807, 2.05) is 13.8 Å². The molecule has 9 nitrogen and oxygen atoms in total. The minimum absolute atomic E-state index is 0.0703. The van der Waals surface area contributed by atoms with Gasteiger partial charge >= 0.3 is 0 Å². The lowest BCUT2D eigenvalue weighted by atomic mass is 9.97. The molecule has 10 heteroatoms. The van der Waals surface area contributed by atoms with Gasteiger partial charge in [-0.05, 0) is 39.5 Å². The van der Waals surface area contributed by atoms with E-state index in [-0.39, 0.29) is 17.7 Å². The predicted molar refractivity (Wildman–Crippen MR) is 109 cm³/mol. The number of rotatable bonds is 6. The van der Waals surface area contributed by atoms with E-state index in [1.165, 1.54) is 11.3 Å². The van der Waals surface area contributed by atoms with Crippen molar-refractivity contribution in [2.75, 3.05) is 36.0 Å². The van der Waals surface area contributed by atoms with Crippen molar-refractivity contribution in [2.24, 2.45) is 5.92 Å². The molecule has 2 aliphatic rings. The van der Waals surface area contributed by atoms with E-state index in [0.29, 0.717) is 37.6 Å². The molecule has 2 aromatic heterocycles. The second kappa shape index (κ2) is 8.48. The zero-order valence-corrected chi connectivity index (χ0v) is 17.6. The lowest BCUT2D eigenvalue weighted by molar-refractivity contribution is -0.125. The summed E-state index contributed by atoms with van der Waals surface area (Å²) in [5, 5.41) is 16.9. The molecule has 2 fully saturated rings. The number of hydrogen-bond donors (Lipinski definition) is 1. The average Bonchev–Trinajstić information content (AvgIpc) is 3.44. The third-order valence-corrected chi connectivity index (χ3v) is 6.63. The van der Waals surface area contributed by atoms with Gasteiger partial charge in [0.25, 0.3) is 0 Å². The maximum atomic E-state index is 12.7. The van der Waals surface area contributed by atoms with Crippen LogP contribution >= 0.6 is 11.3 Å². The standard InChI is InChI=1S/C19H26N6O3S/c1-12-15(13(2)28-23-12)7-8-20-17(27)14-5-3-9-24(11-14)18-21-22-19(29-18)25-10-4-6-16(25)26/h14H,3-11H2,1-2H3,(H,20,27)/t14-/m1/s1. The van der Waals surface area contributed by atoms with Crippen LogP contribution in [0.2, 0.25) is 0 Å². The van der Waals surface area contributed by atoms with E-state index < -0.39 is 0 Å².